The second-order valence-corrected chi connectivity index (χ2v) is 9.97. The van der Waals surface area contributed by atoms with Gasteiger partial charge in [0, 0.05) is 0 Å². The van der Waals surface area contributed by atoms with E-state index in [2.05, 4.69) is 38.1 Å². The van der Waals surface area contributed by atoms with Gasteiger partial charge in [0.05, 0.1) is 11.4 Å². The van der Waals surface area contributed by atoms with Crippen LogP contribution in [-0.2, 0) is 9.59 Å². The number of amides is 2. The molecule has 0 unspecified atom stereocenters. The lowest BCUT2D eigenvalue weighted by molar-refractivity contribution is -0.138. The summed E-state index contributed by atoms with van der Waals surface area (Å²) in [5.41, 5.74) is 7.91. The Morgan fingerprint density at radius 2 is 0.967 bits per heavy atom. The molecule has 1 aliphatic rings. The average Bonchev–Trinajstić information content (AvgIpc) is 2.55. The third-order valence-electron chi connectivity index (χ3n) is 5.99. The summed E-state index contributed by atoms with van der Waals surface area (Å²) in [6.45, 7) is 18.4. The molecule has 0 radical (unpaired) electrons. The van der Waals surface area contributed by atoms with Gasteiger partial charge in [-0.2, -0.15) is 0 Å². The molecule has 4 heteroatoms. The molecule has 0 spiro atoms. The van der Waals surface area contributed by atoms with Crippen LogP contribution in [0.3, 0.4) is 0 Å². The Bertz CT molecular complexity index is 908. The Morgan fingerprint density at radius 1 is 0.667 bits per heavy atom. The van der Waals surface area contributed by atoms with Gasteiger partial charge in [-0.3, -0.25) is 19.4 Å². The van der Waals surface area contributed by atoms with Crippen molar-refractivity contribution >= 4 is 23.2 Å². The number of anilines is 2. The van der Waals surface area contributed by atoms with E-state index in [4.69, 9.17) is 0 Å². The third-order valence-corrected chi connectivity index (χ3v) is 5.99. The van der Waals surface area contributed by atoms with E-state index in [1.807, 2.05) is 58.3 Å². The molecule has 0 saturated carbocycles. The number of carbonyl (C=O) groups is 2. The molecule has 0 aliphatic carbocycles. The maximum Gasteiger partial charge on any atom is 0.241 e. The Balaban J connectivity index is 2.22. The van der Waals surface area contributed by atoms with Gasteiger partial charge in [0.1, 0.15) is 12.6 Å². The van der Waals surface area contributed by atoms with Crippen molar-refractivity contribution in [1.29, 1.82) is 0 Å². The molecule has 2 amide bonds. The Kier molecular flexibility index (Phi) is 5.57. The molecule has 1 heterocycles. The molecule has 1 aliphatic heterocycles. The predicted molar refractivity (Wildman–Crippen MR) is 124 cm³/mol. The zero-order valence-corrected chi connectivity index (χ0v) is 19.8. The minimum Gasteiger partial charge on any atom is -0.292 e. The van der Waals surface area contributed by atoms with Gasteiger partial charge in [0.15, 0.2) is 0 Å². The van der Waals surface area contributed by atoms with Crippen LogP contribution in [0.25, 0.3) is 0 Å². The van der Waals surface area contributed by atoms with Gasteiger partial charge < -0.3 is 0 Å². The van der Waals surface area contributed by atoms with Crippen molar-refractivity contribution in [2.75, 3.05) is 16.5 Å². The normalized spacial score (nSPS) is 15.9. The molecular formula is C26H34N2O2. The van der Waals surface area contributed by atoms with Crippen LogP contribution < -0.4 is 9.80 Å². The third kappa shape index (κ3) is 3.76. The molecule has 2 aromatic rings. The molecule has 0 bridgehead atoms. The summed E-state index contributed by atoms with van der Waals surface area (Å²) in [4.78, 5) is 30.9. The average molecular weight is 407 g/mol. The number of nitrogens with zero attached hydrogens (tertiary/aromatic N) is 2. The molecule has 0 aromatic heterocycles. The predicted octanol–water partition coefficient (Wildman–Crippen LogP) is 5.54. The highest BCUT2D eigenvalue weighted by Gasteiger charge is 2.48. The van der Waals surface area contributed by atoms with E-state index < -0.39 is 11.3 Å². The Labute approximate surface area is 180 Å². The smallest absolute Gasteiger partial charge is 0.241 e. The maximum atomic E-state index is 13.7. The minimum absolute atomic E-state index is 0.110. The fourth-order valence-electron chi connectivity index (χ4n) is 5.00. The highest BCUT2D eigenvalue weighted by molar-refractivity contribution is 6.17. The zero-order chi connectivity index (χ0) is 22.5. The van der Waals surface area contributed by atoms with Crippen LogP contribution in [0, 0.1) is 52.9 Å². The van der Waals surface area contributed by atoms with Crippen molar-refractivity contribution in [2.45, 2.75) is 62.3 Å². The number of benzene rings is 2. The summed E-state index contributed by atoms with van der Waals surface area (Å²) >= 11 is 0. The van der Waals surface area contributed by atoms with Gasteiger partial charge in [0.25, 0.3) is 0 Å². The highest BCUT2D eigenvalue weighted by atomic mass is 16.2. The van der Waals surface area contributed by atoms with Gasteiger partial charge in [-0.15, -0.1) is 0 Å². The molecular weight excluding hydrogens is 372 g/mol. The summed E-state index contributed by atoms with van der Waals surface area (Å²) in [6.07, 6.45) is 0. The van der Waals surface area contributed by atoms with Gasteiger partial charge in [-0.1, -0.05) is 56.2 Å². The Morgan fingerprint density at radius 3 is 1.23 bits per heavy atom. The first-order chi connectivity index (χ1) is 13.8. The van der Waals surface area contributed by atoms with Gasteiger partial charge in [-0.05, 0) is 69.2 Å². The molecule has 160 valence electrons. The number of carbonyl (C=O) groups excluding carboxylic acids is 2. The lowest BCUT2D eigenvalue weighted by Gasteiger charge is -2.45. The van der Waals surface area contributed by atoms with E-state index in [9.17, 15) is 9.59 Å². The monoisotopic (exact) mass is 406 g/mol. The van der Waals surface area contributed by atoms with Crippen molar-refractivity contribution in [1.82, 2.24) is 0 Å². The van der Waals surface area contributed by atoms with Crippen LogP contribution >= 0.6 is 0 Å². The van der Waals surface area contributed by atoms with E-state index >= 15 is 0 Å². The van der Waals surface area contributed by atoms with Crippen LogP contribution in [0.1, 0.15) is 54.2 Å². The summed E-state index contributed by atoms with van der Waals surface area (Å²) in [6, 6.07) is 8.41. The maximum absolute atomic E-state index is 13.7. The van der Waals surface area contributed by atoms with E-state index in [1.165, 1.54) is 11.1 Å². The van der Waals surface area contributed by atoms with Crippen LogP contribution in [0.2, 0.25) is 0 Å². The van der Waals surface area contributed by atoms with Crippen molar-refractivity contribution in [2.24, 2.45) is 11.3 Å². The second-order valence-electron chi connectivity index (χ2n) is 9.97. The molecule has 4 nitrogen and oxygen atoms in total. The molecule has 1 saturated heterocycles. The first-order valence-corrected chi connectivity index (χ1v) is 10.6. The first kappa shape index (κ1) is 22.1. The van der Waals surface area contributed by atoms with Gasteiger partial charge in [0.2, 0.25) is 11.8 Å². The molecule has 1 fully saturated rings. The van der Waals surface area contributed by atoms with Crippen molar-refractivity contribution in [3.63, 3.8) is 0 Å². The number of hydrogen-bond acceptors (Lipinski definition) is 2. The van der Waals surface area contributed by atoms with Crippen molar-refractivity contribution in [3.05, 3.63) is 57.6 Å². The molecule has 0 atom stereocenters. The molecule has 2 aromatic carbocycles. The first-order valence-electron chi connectivity index (χ1n) is 10.6. The molecule has 0 N–H and O–H groups in total. The zero-order valence-electron chi connectivity index (χ0n) is 19.8. The van der Waals surface area contributed by atoms with E-state index in [0.717, 1.165) is 33.6 Å². The van der Waals surface area contributed by atoms with E-state index in [1.54, 1.807) is 0 Å². The SMILES string of the molecule is Cc1cc(C)c(N2CN(c3c(C)cc(C)cc3C)C(=O)C(C(C)(C)C)C2=O)c(C)c1. The molecule has 3 rings (SSSR count). The lowest BCUT2D eigenvalue weighted by atomic mass is 9.77. The number of rotatable bonds is 2. The van der Waals surface area contributed by atoms with Crippen LogP contribution in [0.5, 0.6) is 0 Å². The summed E-state index contributed by atoms with van der Waals surface area (Å²) in [5, 5.41) is 0. The fourth-order valence-corrected chi connectivity index (χ4v) is 5.00. The standard InChI is InChI=1S/C26H34N2O2/c1-15-10-17(3)22(18(4)11-15)27-14-28(23-19(5)12-16(2)13-20(23)6)25(30)21(24(27)29)26(7,8)9/h10-13,21H,14H2,1-9H3. The minimum atomic E-state index is -0.730. The largest absolute Gasteiger partial charge is 0.292 e. The van der Waals surface area contributed by atoms with Gasteiger partial charge in [-0.25, -0.2) is 0 Å². The van der Waals surface area contributed by atoms with Crippen LogP contribution in [-0.4, -0.2) is 18.5 Å². The Hall–Kier alpha value is -2.62. The highest BCUT2D eigenvalue weighted by Crippen LogP contribution is 2.39. The lowest BCUT2D eigenvalue weighted by Crippen LogP contribution is -2.60. The van der Waals surface area contributed by atoms with E-state index in [-0.39, 0.29) is 18.5 Å². The topological polar surface area (TPSA) is 40.6 Å². The number of hydrogen-bond donors (Lipinski definition) is 0. The quantitative estimate of drug-likeness (QED) is 0.615. The van der Waals surface area contributed by atoms with Gasteiger partial charge >= 0.3 is 0 Å². The summed E-state index contributed by atoms with van der Waals surface area (Å²) in [5.74, 6) is -0.950. The fraction of sp³-hybridized carbons (Fsp3) is 0.462. The summed E-state index contributed by atoms with van der Waals surface area (Å²) in [7, 11) is 0. The van der Waals surface area contributed by atoms with Crippen molar-refractivity contribution in [3.8, 4) is 0 Å². The van der Waals surface area contributed by atoms with E-state index in [0.29, 0.717) is 0 Å². The summed E-state index contributed by atoms with van der Waals surface area (Å²) < 4.78 is 0. The van der Waals surface area contributed by atoms with Crippen LogP contribution in [0.4, 0.5) is 11.4 Å². The van der Waals surface area contributed by atoms with Crippen molar-refractivity contribution < 1.29 is 9.59 Å². The van der Waals surface area contributed by atoms with Crippen LogP contribution in [0.15, 0.2) is 24.3 Å². The second kappa shape index (κ2) is 7.57. The number of aryl methyl sites for hydroxylation is 6. The molecule has 30 heavy (non-hydrogen) atoms.